The maximum atomic E-state index is 12.1. The highest BCUT2D eigenvalue weighted by Crippen LogP contribution is 2.21. The minimum atomic E-state index is 0.131. The molecule has 1 aromatic rings. The fourth-order valence-corrected chi connectivity index (χ4v) is 2.91. The third kappa shape index (κ3) is 4.07. The van der Waals surface area contributed by atoms with Crippen LogP contribution in [-0.4, -0.2) is 29.4 Å². The minimum Gasteiger partial charge on any atom is -0.351 e. The summed E-state index contributed by atoms with van der Waals surface area (Å²) in [4.78, 5) is 14.4. The molecule has 3 heteroatoms. The largest absolute Gasteiger partial charge is 0.351 e. The number of amides is 1. The average molecular weight is 274 g/mol. The van der Waals surface area contributed by atoms with E-state index in [1.54, 1.807) is 0 Å². The van der Waals surface area contributed by atoms with Gasteiger partial charge < -0.3 is 5.32 Å². The molecule has 0 spiro atoms. The molecule has 1 aliphatic heterocycles. The topological polar surface area (TPSA) is 32.3 Å². The fraction of sp³-hybridized carbons (Fsp3) is 0.588. The van der Waals surface area contributed by atoms with Crippen molar-refractivity contribution in [3.63, 3.8) is 0 Å². The summed E-state index contributed by atoms with van der Waals surface area (Å²) in [6.07, 6.45) is 3.69. The molecule has 110 valence electrons. The number of aryl methyl sites for hydroxylation is 1. The number of nitrogens with zero attached hydrogens (tertiary/aromatic N) is 1. The van der Waals surface area contributed by atoms with Crippen LogP contribution >= 0.6 is 0 Å². The first kappa shape index (κ1) is 15.0. The smallest absolute Gasteiger partial charge is 0.234 e. The Kier molecular flexibility index (Phi) is 5.18. The zero-order valence-electron chi connectivity index (χ0n) is 12.9. The van der Waals surface area contributed by atoms with Crippen molar-refractivity contribution < 1.29 is 4.79 Å². The van der Waals surface area contributed by atoms with E-state index in [0.29, 0.717) is 25.2 Å². The molecule has 1 saturated heterocycles. The quantitative estimate of drug-likeness (QED) is 0.915. The van der Waals surface area contributed by atoms with Crippen LogP contribution in [0.1, 0.15) is 44.2 Å². The van der Waals surface area contributed by atoms with Crippen molar-refractivity contribution in [1.82, 2.24) is 10.2 Å². The lowest BCUT2D eigenvalue weighted by Gasteiger charge is -2.38. The Bertz CT molecular complexity index is 431. The zero-order valence-corrected chi connectivity index (χ0v) is 12.9. The number of carbonyl (C=O) groups is 1. The van der Waals surface area contributed by atoms with Gasteiger partial charge in [-0.3, -0.25) is 9.69 Å². The standard InChI is InChI=1S/C17H26N2O/c1-13-7-9-16(10-8-13)11-18-17(20)12-19-14(2)5-4-6-15(19)3/h7-10,14-15H,4-6,11-12H2,1-3H3,(H,18,20)/t14-,15-/m1/s1. The van der Waals surface area contributed by atoms with Crippen molar-refractivity contribution in [1.29, 1.82) is 0 Å². The molecule has 0 aliphatic carbocycles. The molecule has 1 heterocycles. The number of hydrogen-bond donors (Lipinski definition) is 1. The van der Waals surface area contributed by atoms with Gasteiger partial charge in [0.1, 0.15) is 0 Å². The van der Waals surface area contributed by atoms with Crippen molar-refractivity contribution in [2.24, 2.45) is 0 Å². The molecular formula is C17H26N2O. The summed E-state index contributed by atoms with van der Waals surface area (Å²) in [5.74, 6) is 0.131. The summed E-state index contributed by atoms with van der Waals surface area (Å²) >= 11 is 0. The maximum absolute atomic E-state index is 12.1. The molecule has 0 saturated carbocycles. The molecule has 1 aromatic carbocycles. The van der Waals surface area contributed by atoms with Crippen LogP contribution in [0.25, 0.3) is 0 Å². The van der Waals surface area contributed by atoms with Crippen LogP contribution in [0.3, 0.4) is 0 Å². The van der Waals surface area contributed by atoms with Gasteiger partial charge in [-0.1, -0.05) is 36.2 Å². The highest BCUT2D eigenvalue weighted by Gasteiger charge is 2.26. The number of carbonyl (C=O) groups excluding carboxylic acids is 1. The SMILES string of the molecule is Cc1ccc(CNC(=O)CN2[C@H](C)CCC[C@H]2C)cc1. The Morgan fingerprint density at radius 2 is 1.80 bits per heavy atom. The van der Waals surface area contributed by atoms with E-state index >= 15 is 0 Å². The first-order valence-electron chi connectivity index (χ1n) is 7.64. The van der Waals surface area contributed by atoms with E-state index in [9.17, 15) is 4.79 Å². The average Bonchev–Trinajstić information content (AvgIpc) is 2.42. The van der Waals surface area contributed by atoms with Gasteiger partial charge in [0, 0.05) is 18.6 Å². The number of hydrogen-bond acceptors (Lipinski definition) is 2. The summed E-state index contributed by atoms with van der Waals surface area (Å²) in [6.45, 7) is 7.66. The summed E-state index contributed by atoms with van der Waals surface area (Å²) in [7, 11) is 0. The Morgan fingerprint density at radius 3 is 2.40 bits per heavy atom. The van der Waals surface area contributed by atoms with Gasteiger partial charge >= 0.3 is 0 Å². The van der Waals surface area contributed by atoms with Crippen LogP contribution in [0.4, 0.5) is 0 Å². The number of benzene rings is 1. The zero-order chi connectivity index (χ0) is 14.5. The van der Waals surface area contributed by atoms with E-state index in [1.165, 1.54) is 24.8 Å². The van der Waals surface area contributed by atoms with Gasteiger partial charge in [0.15, 0.2) is 0 Å². The van der Waals surface area contributed by atoms with Crippen LogP contribution in [-0.2, 0) is 11.3 Å². The van der Waals surface area contributed by atoms with E-state index in [0.717, 1.165) is 5.56 Å². The predicted octanol–water partition coefficient (Wildman–Crippen LogP) is 2.87. The van der Waals surface area contributed by atoms with E-state index in [-0.39, 0.29) is 5.91 Å². The van der Waals surface area contributed by atoms with Crippen molar-refractivity contribution in [2.45, 2.75) is 58.7 Å². The molecule has 1 amide bonds. The maximum Gasteiger partial charge on any atom is 0.234 e. The molecule has 1 N–H and O–H groups in total. The normalized spacial score (nSPS) is 23.6. The van der Waals surface area contributed by atoms with Gasteiger partial charge in [0.25, 0.3) is 0 Å². The van der Waals surface area contributed by atoms with Crippen LogP contribution in [0.15, 0.2) is 24.3 Å². The van der Waals surface area contributed by atoms with Gasteiger partial charge in [-0.15, -0.1) is 0 Å². The third-order valence-electron chi connectivity index (χ3n) is 4.31. The van der Waals surface area contributed by atoms with E-state index < -0.39 is 0 Å². The number of piperidine rings is 1. The van der Waals surface area contributed by atoms with Gasteiger partial charge in [-0.25, -0.2) is 0 Å². The van der Waals surface area contributed by atoms with E-state index in [2.05, 4.69) is 55.3 Å². The van der Waals surface area contributed by atoms with Gasteiger partial charge in [-0.05, 0) is 39.2 Å². The summed E-state index contributed by atoms with van der Waals surface area (Å²) in [5.41, 5.74) is 2.40. The number of nitrogens with one attached hydrogen (secondary N) is 1. The number of likely N-dealkylation sites (tertiary alicyclic amines) is 1. The lowest BCUT2D eigenvalue weighted by Crippen LogP contribution is -2.48. The van der Waals surface area contributed by atoms with Crippen molar-refractivity contribution >= 4 is 5.91 Å². The van der Waals surface area contributed by atoms with Crippen LogP contribution in [0.2, 0.25) is 0 Å². The summed E-state index contributed by atoms with van der Waals surface area (Å²) < 4.78 is 0. The van der Waals surface area contributed by atoms with Crippen molar-refractivity contribution in [2.75, 3.05) is 6.54 Å². The lowest BCUT2D eigenvalue weighted by atomic mass is 9.97. The molecule has 0 radical (unpaired) electrons. The first-order valence-corrected chi connectivity index (χ1v) is 7.64. The van der Waals surface area contributed by atoms with Crippen molar-refractivity contribution in [3.05, 3.63) is 35.4 Å². The highest BCUT2D eigenvalue weighted by molar-refractivity contribution is 5.78. The Labute approximate surface area is 122 Å². The van der Waals surface area contributed by atoms with Crippen molar-refractivity contribution in [3.8, 4) is 0 Å². The second-order valence-electron chi connectivity index (χ2n) is 6.06. The molecule has 1 aliphatic rings. The molecule has 3 nitrogen and oxygen atoms in total. The highest BCUT2D eigenvalue weighted by atomic mass is 16.2. The van der Waals surface area contributed by atoms with E-state index in [4.69, 9.17) is 0 Å². The molecule has 0 unspecified atom stereocenters. The Balaban J connectivity index is 1.81. The summed E-state index contributed by atoms with van der Waals surface area (Å²) in [6, 6.07) is 9.34. The van der Waals surface area contributed by atoms with Gasteiger partial charge in [0.05, 0.1) is 6.54 Å². The summed E-state index contributed by atoms with van der Waals surface area (Å²) in [5, 5.41) is 3.03. The predicted molar refractivity (Wildman–Crippen MR) is 82.5 cm³/mol. The number of rotatable bonds is 4. The second-order valence-corrected chi connectivity index (χ2v) is 6.06. The second kappa shape index (κ2) is 6.89. The molecule has 2 rings (SSSR count). The lowest BCUT2D eigenvalue weighted by molar-refractivity contribution is -0.124. The van der Waals surface area contributed by atoms with Gasteiger partial charge in [0.2, 0.25) is 5.91 Å². The third-order valence-corrected chi connectivity index (χ3v) is 4.31. The Hall–Kier alpha value is -1.35. The molecule has 0 aromatic heterocycles. The molecular weight excluding hydrogens is 248 g/mol. The molecule has 0 bridgehead atoms. The Morgan fingerprint density at radius 1 is 1.20 bits per heavy atom. The van der Waals surface area contributed by atoms with Gasteiger partial charge in [-0.2, -0.15) is 0 Å². The first-order chi connectivity index (χ1) is 9.56. The minimum absolute atomic E-state index is 0.131. The van der Waals surface area contributed by atoms with Crippen LogP contribution in [0, 0.1) is 6.92 Å². The molecule has 20 heavy (non-hydrogen) atoms. The van der Waals surface area contributed by atoms with E-state index in [1.807, 2.05) is 0 Å². The molecule has 1 fully saturated rings. The van der Waals surface area contributed by atoms with Crippen LogP contribution in [0.5, 0.6) is 0 Å². The fourth-order valence-electron chi connectivity index (χ4n) is 2.91. The monoisotopic (exact) mass is 274 g/mol. The molecule has 2 atom stereocenters. The van der Waals surface area contributed by atoms with Crippen LogP contribution < -0.4 is 5.32 Å².